The molecular weight excluding hydrogens is 422 g/mol. The zero-order chi connectivity index (χ0) is 20.1. The molecule has 1 aliphatic heterocycles. The summed E-state index contributed by atoms with van der Waals surface area (Å²) in [6.45, 7) is 8.50. The van der Waals surface area contributed by atoms with E-state index in [1.54, 1.807) is 12.1 Å². The molecule has 0 fully saturated rings. The van der Waals surface area contributed by atoms with E-state index >= 15 is 0 Å². The molecule has 1 heterocycles. The van der Waals surface area contributed by atoms with Gasteiger partial charge < -0.3 is 14.2 Å². The van der Waals surface area contributed by atoms with Gasteiger partial charge in [-0.1, -0.05) is 24.8 Å². The van der Waals surface area contributed by atoms with Crippen molar-refractivity contribution < 1.29 is 19.0 Å². The lowest BCUT2D eigenvalue weighted by atomic mass is 10.1. The summed E-state index contributed by atoms with van der Waals surface area (Å²) in [5.74, 6) is 0.968. The third kappa shape index (κ3) is 4.70. The maximum Gasteiger partial charge on any atom is 0.363 e. The van der Waals surface area contributed by atoms with Crippen LogP contribution in [0.3, 0.4) is 0 Å². The van der Waals surface area contributed by atoms with E-state index in [4.69, 9.17) is 14.2 Å². The maximum absolute atomic E-state index is 12.2. The van der Waals surface area contributed by atoms with E-state index in [2.05, 4.69) is 27.5 Å². The first kappa shape index (κ1) is 19.9. The van der Waals surface area contributed by atoms with Crippen LogP contribution in [0.4, 0.5) is 0 Å². The second-order valence-electron chi connectivity index (χ2n) is 6.21. The average Bonchev–Trinajstić information content (AvgIpc) is 3.02. The molecule has 0 N–H and O–H groups in total. The van der Waals surface area contributed by atoms with Crippen LogP contribution in [0.2, 0.25) is 0 Å². The van der Waals surface area contributed by atoms with Gasteiger partial charge >= 0.3 is 5.97 Å². The van der Waals surface area contributed by atoms with E-state index in [1.807, 2.05) is 50.2 Å². The summed E-state index contributed by atoms with van der Waals surface area (Å²) in [6, 6.07) is 12.9. The minimum Gasteiger partial charge on any atom is -0.490 e. The third-order valence-electron chi connectivity index (χ3n) is 3.74. The number of esters is 1. The van der Waals surface area contributed by atoms with Gasteiger partial charge in [-0.25, -0.2) is 9.79 Å². The second-order valence-corrected chi connectivity index (χ2v) is 7.07. The van der Waals surface area contributed by atoms with Crippen LogP contribution in [0.15, 0.2) is 69.8 Å². The normalized spacial score (nSPS) is 14.6. The van der Waals surface area contributed by atoms with Gasteiger partial charge in [0.1, 0.15) is 6.61 Å². The molecule has 1 aliphatic rings. The smallest absolute Gasteiger partial charge is 0.363 e. The first-order chi connectivity index (χ1) is 13.5. The van der Waals surface area contributed by atoms with Crippen molar-refractivity contribution >= 4 is 33.9 Å². The molecule has 6 heteroatoms. The Balaban J connectivity index is 1.93. The van der Waals surface area contributed by atoms with E-state index in [0.717, 1.165) is 16.7 Å². The highest BCUT2D eigenvalue weighted by molar-refractivity contribution is 9.10. The van der Waals surface area contributed by atoms with Crippen molar-refractivity contribution in [1.29, 1.82) is 0 Å². The van der Waals surface area contributed by atoms with Gasteiger partial charge in [-0.15, -0.1) is 0 Å². The lowest BCUT2D eigenvalue weighted by molar-refractivity contribution is -0.129. The van der Waals surface area contributed by atoms with Crippen LogP contribution in [-0.4, -0.2) is 25.1 Å². The van der Waals surface area contributed by atoms with Crippen LogP contribution in [0.5, 0.6) is 11.5 Å². The van der Waals surface area contributed by atoms with Crippen molar-refractivity contribution in [3.8, 4) is 11.5 Å². The van der Waals surface area contributed by atoms with Crippen LogP contribution < -0.4 is 9.47 Å². The van der Waals surface area contributed by atoms with Gasteiger partial charge in [-0.2, -0.15) is 0 Å². The summed E-state index contributed by atoms with van der Waals surface area (Å²) in [4.78, 5) is 16.5. The van der Waals surface area contributed by atoms with Crippen LogP contribution >= 0.6 is 15.9 Å². The minimum atomic E-state index is -0.490. The van der Waals surface area contributed by atoms with Crippen LogP contribution in [0.25, 0.3) is 6.08 Å². The molecule has 0 saturated heterocycles. The number of cyclic esters (lactones) is 1. The number of nitrogens with zero attached hydrogens (tertiary/aromatic N) is 1. The Bertz CT molecular complexity index is 964. The second kappa shape index (κ2) is 8.89. The molecule has 0 unspecified atom stereocenters. The number of halogens is 1. The number of carbonyl (C=O) groups is 1. The number of carbonyl (C=O) groups excluding carboxylic acids is 1. The molecule has 2 aromatic carbocycles. The van der Waals surface area contributed by atoms with Crippen molar-refractivity contribution in [2.75, 3.05) is 13.2 Å². The third-order valence-corrected chi connectivity index (χ3v) is 4.33. The number of hydrogen-bond donors (Lipinski definition) is 0. The number of aliphatic imine (C=N–C) groups is 1. The van der Waals surface area contributed by atoms with Gasteiger partial charge in [0.25, 0.3) is 0 Å². The highest BCUT2D eigenvalue weighted by Crippen LogP contribution is 2.38. The van der Waals surface area contributed by atoms with Gasteiger partial charge in [-0.3, -0.25) is 0 Å². The highest BCUT2D eigenvalue weighted by Gasteiger charge is 2.24. The van der Waals surface area contributed by atoms with Gasteiger partial charge in [0.05, 0.1) is 11.1 Å². The fraction of sp³-hybridized carbons (Fsp3) is 0.182. The van der Waals surface area contributed by atoms with E-state index in [9.17, 15) is 4.79 Å². The number of ether oxygens (including phenoxy) is 3. The molecule has 0 amide bonds. The molecular formula is C22H20BrNO4. The predicted molar refractivity (Wildman–Crippen MR) is 113 cm³/mol. The van der Waals surface area contributed by atoms with Gasteiger partial charge in [-0.05, 0) is 71.3 Å². The molecule has 0 aliphatic carbocycles. The van der Waals surface area contributed by atoms with Crippen LogP contribution in [-0.2, 0) is 9.53 Å². The molecule has 0 atom stereocenters. The summed E-state index contributed by atoms with van der Waals surface area (Å²) in [6.07, 6.45) is 1.66. The fourth-order valence-electron chi connectivity index (χ4n) is 2.54. The van der Waals surface area contributed by atoms with Crippen LogP contribution in [0, 0.1) is 0 Å². The molecule has 0 saturated carbocycles. The van der Waals surface area contributed by atoms with Gasteiger partial charge in [0, 0.05) is 5.56 Å². The summed E-state index contributed by atoms with van der Waals surface area (Å²) < 4.78 is 17.5. The Labute approximate surface area is 172 Å². The van der Waals surface area contributed by atoms with Gasteiger partial charge in [0.2, 0.25) is 5.90 Å². The zero-order valence-electron chi connectivity index (χ0n) is 15.7. The van der Waals surface area contributed by atoms with E-state index in [0.29, 0.717) is 35.1 Å². The Morgan fingerprint density at radius 3 is 2.68 bits per heavy atom. The summed E-state index contributed by atoms with van der Waals surface area (Å²) in [5, 5.41) is 0. The van der Waals surface area contributed by atoms with Crippen molar-refractivity contribution in [2.24, 2.45) is 4.99 Å². The predicted octanol–water partition coefficient (Wildman–Crippen LogP) is 5.15. The van der Waals surface area contributed by atoms with Crippen LogP contribution in [0.1, 0.15) is 25.0 Å². The molecule has 0 aromatic heterocycles. The van der Waals surface area contributed by atoms with Crippen molar-refractivity contribution in [3.05, 3.63) is 75.9 Å². The van der Waals surface area contributed by atoms with Crippen molar-refractivity contribution in [1.82, 2.24) is 0 Å². The van der Waals surface area contributed by atoms with E-state index in [1.165, 1.54) is 0 Å². The molecule has 0 bridgehead atoms. The first-order valence-electron chi connectivity index (χ1n) is 8.79. The largest absolute Gasteiger partial charge is 0.490 e. The number of hydrogen-bond acceptors (Lipinski definition) is 5. The molecule has 3 rings (SSSR count). The highest BCUT2D eigenvalue weighted by atomic mass is 79.9. The monoisotopic (exact) mass is 441 g/mol. The Kier molecular flexibility index (Phi) is 6.31. The van der Waals surface area contributed by atoms with Gasteiger partial charge in [0.15, 0.2) is 17.2 Å². The standard InChI is InChI=1S/C22H20BrNO4/c1-4-26-19-12-15(10-17(23)20(19)27-13-14(2)3)11-18-22(25)28-21(24-18)16-8-6-5-7-9-16/h5-12H,2,4,13H2,1,3H3/b18-11-. The van der Waals surface area contributed by atoms with E-state index < -0.39 is 5.97 Å². The quantitative estimate of drug-likeness (QED) is 0.338. The van der Waals surface area contributed by atoms with Crippen molar-refractivity contribution in [2.45, 2.75) is 13.8 Å². The van der Waals surface area contributed by atoms with Crippen molar-refractivity contribution in [3.63, 3.8) is 0 Å². The molecule has 28 heavy (non-hydrogen) atoms. The summed E-state index contributed by atoms with van der Waals surface area (Å²) in [7, 11) is 0. The SMILES string of the molecule is C=C(C)COc1c(Br)cc(/C=C2\N=C(c3ccccc3)OC2=O)cc1OCC. The molecule has 0 spiro atoms. The Hall–Kier alpha value is -2.86. The maximum atomic E-state index is 12.2. The zero-order valence-corrected chi connectivity index (χ0v) is 17.3. The summed E-state index contributed by atoms with van der Waals surface area (Å²) >= 11 is 3.52. The number of rotatable bonds is 7. The lowest BCUT2D eigenvalue weighted by Gasteiger charge is -2.14. The first-order valence-corrected chi connectivity index (χ1v) is 9.58. The Morgan fingerprint density at radius 2 is 2.00 bits per heavy atom. The molecule has 2 aromatic rings. The minimum absolute atomic E-state index is 0.226. The van der Waals surface area contributed by atoms with E-state index in [-0.39, 0.29) is 5.70 Å². The molecule has 0 radical (unpaired) electrons. The Morgan fingerprint density at radius 1 is 1.25 bits per heavy atom. The molecule has 144 valence electrons. The lowest BCUT2D eigenvalue weighted by Crippen LogP contribution is -2.05. The topological polar surface area (TPSA) is 57.1 Å². The summed E-state index contributed by atoms with van der Waals surface area (Å²) in [5.41, 5.74) is 2.61. The molecule has 5 nitrogen and oxygen atoms in total. The number of benzene rings is 2. The average molecular weight is 442 g/mol. The fourth-order valence-corrected chi connectivity index (χ4v) is 3.12.